The van der Waals surface area contributed by atoms with E-state index in [1.54, 1.807) is 0 Å². The summed E-state index contributed by atoms with van der Waals surface area (Å²) in [5, 5.41) is 0. The molecule has 3 saturated carbocycles. The zero-order valence-corrected chi connectivity index (χ0v) is 19.8. The predicted octanol–water partition coefficient (Wildman–Crippen LogP) is 8.67. The molecule has 1 aromatic carbocycles. The molecule has 2 heteroatoms. The van der Waals surface area contributed by atoms with Crippen molar-refractivity contribution in [3.05, 3.63) is 47.5 Å². The van der Waals surface area contributed by atoms with Gasteiger partial charge in [-0.2, -0.15) is 0 Å². The summed E-state index contributed by atoms with van der Waals surface area (Å²) in [6.07, 6.45) is 21.9. The van der Waals surface area contributed by atoms with Crippen LogP contribution in [0.2, 0.25) is 0 Å². The highest BCUT2D eigenvalue weighted by Crippen LogP contribution is 2.50. The van der Waals surface area contributed by atoms with E-state index in [0.29, 0.717) is 11.5 Å². The summed E-state index contributed by atoms with van der Waals surface area (Å²) in [6.45, 7) is 3.91. The van der Waals surface area contributed by atoms with Gasteiger partial charge in [0.25, 0.3) is 0 Å². The minimum atomic E-state index is -0.678. The van der Waals surface area contributed by atoms with Crippen molar-refractivity contribution < 1.29 is 8.78 Å². The number of fused-ring (bicyclic) bond motifs is 2. The second-order valence-corrected chi connectivity index (χ2v) is 11.8. The molecule has 5 unspecified atom stereocenters. The van der Waals surface area contributed by atoms with Gasteiger partial charge in [-0.15, -0.1) is 6.58 Å². The molecule has 0 N–H and O–H groups in total. The Morgan fingerprint density at radius 2 is 1.38 bits per heavy atom. The third kappa shape index (κ3) is 4.71. The van der Waals surface area contributed by atoms with Crippen LogP contribution >= 0.6 is 0 Å². The van der Waals surface area contributed by atoms with Gasteiger partial charge in [-0.1, -0.05) is 18.6 Å². The lowest BCUT2D eigenvalue weighted by atomic mass is 9.60. The third-order valence-corrected chi connectivity index (χ3v) is 10.2. The summed E-state index contributed by atoms with van der Waals surface area (Å²) >= 11 is 0. The molecule has 0 radical (unpaired) electrons. The third-order valence-electron chi connectivity index (χ3n) is 10.2. The molecule has 32 heavy (non-hydrogen) atoms. The van der Waals surface area contributed by atoms with E-state index in [1.165, 1.54) is 83.1 Å². The summed E-state index contributed by atoms with van der Waals surface area (Å²) in [7, 11) is 0. The summed E-state index contributed by atoms with van der Waals surface area (Å²) in [6, 6.07) is 3.17. The summed E-state index contributed by atoms with van der Waals surface area (Å²) < 4.78 is 27.7. The summed E-state index contributed by atoms with van der Waals surface area (Å²) in [5.41, 5.74) is 1.73. The quantitative estimate of drug-likeness (QED) is 0.402. The number of rotatable bonds is 5. The molecule has 0 heterocycles. The highest BCUT2D eigenvalue weighted by molar-refractivity contribution is 5.32. The van der Waals surface area contributed by atoms with E-state index in [4.69, 9.17) is 0 Å². The second-order valence-electron chi connectivity index (χ2n) is 11.8. The standard InChI is InChI=1S/C30H42F2/c1-2-3-4-20-5-6-26-18-24(12-11-23(26)17-20)21-7-9-22(10-8-21)25-13-15-28-27(19-25)14-16-29(31)30(28)32/h2,14,16,20-26H,1,3-13,15,17-19H2. The molecule has 0 aromatic heterocycles. The van der Waals surface area contributed by atoms with Crippen LogP contribution in [-0.4, -0.2) is 0 Å². The highest BCUT2D eigenvalue weighted by Gasteiger charge is 2.39. The predicted molar refractivity (Wildman–Crippen MR) is 128 cm³/mol. The van der Waals surface area contributed by atoms with Crippen molar-refractivity contribution >= 4 is 0 Å². The Morgan fingerprint density at radius 1 is 0.750 bits per heavy atom. The van der Waals surface area contributed by atoms with E-state index < -0.39 is 11.6 Å². The van der Waals surface area contributed by atoms with Gasteiger partial charge in [0.1, 0.15) is 0 Å². The van der Waals surface area contributed by atoms with Gasteiger partial charge in [-0.05, 0) is 149 Å². The summed E-state index contributed by atoms with van der Waals surface area (Å²) in [5.74, 6) is 5.12. The smallest absolute Gasteiger partial charge is 0.162 e. The Morgan fingerprint density at radius 3 is 2.12 bits per heavy atom. The number of benzene rings is 1. The van der Waals surface area contributed by atoms with Crippen LogP contribution in [0.1, 0.15) is 94.6 Å². The van der Waals surface area contributed by atoms with Crippen LogP contribution in [0.5, 0.6) is 0 Å². The fraction of sp³-hybridized carbons (Fsp3) is 0.733. The van der Waals surface area contributed by atoms with E-state index >= 15 is 0 Å². The SMILES string of the molecule is C=CCCC1CCC2CC(C3CCC(C4CCc5c(ccc(F)c5F)C4)CC3)CCC2C1. The van der Waals surface area contributed by atoms with Crippen molar-refractivity contribution in [1.82, 2.24) is 0 Å². The minimum Gasteiger partial charge on any atom is -0.204 e. The van der Waals surface area contributed by atoms with Crippen molar-refractivity contribution in [2.45, 2.75) is 96.3 Å². The number of halogens is 2. The lowest BCUT2D eigenvalue weighted by Crippen LogP contribution is -2.35. The number of hydrogen-bond acceptors (Lipinski definition) is 0. The van der Waals surface area contributed by atoms with E-state index in [1.807, 2.05) is 6.07 Å². The van der Waals surface area contributed by atoms with Crippen molar-refractivity contribution in [3.63, 3.8) is 0 Å². The topological polar surface area (TPSA) is 0 Å². The molecule has 0 nitrogen and oxygen atoms in total. The first-order valence-electron chi connectivity index (χ1n) is 13.7. The molecule has 0 amide bonds. The molecule has 0 spiro atoms. The van der Waals surface area contributed by atoms with Crippen LogP contribution < -0.4 is 0 Å². The van der Waals surface area contributed by atoms with Crippen LogP contribution in [-0.2, 0) is 12.8 Å². The van der Waals surface area contributed by atoms with Gasteiger partial charge in [0.2, 0.25) is 0 Å². The number of allylic oxidation sites excluding steroid dienone is 1. The Balaban J connectivity index is 1.10. The average Bonchev–Trinajstić information content (AvgIpc) is 2.84. The van der Waals surface area contributed by atoms with Crippen molar-refractivity contribution in [3.8, 4) is 0 Å². The molecular formula is C30H42F2. The normalized spacial score (nSPS) is 37.4. The first kappa shape index (κ1) is 22.6. The maximum atomic E-state index is 14.1. The van der Waals surface area contributed by atoms with E-state index in [2.05, 4.69) is 12.7 Å². The maximum Gasteiger partial charge on any atom is 0.162 e. The Labute approximate surface area is 194 Å². The fourth-order valence-corrected chi connectivity index (χ4v) is 8.37. The van der Waals surface area contributed by atoms with E-state index in [0.717, 1.165) is 60.3 Å². The molecule has 4 aliphatic carbocycles. The van der Waals surface area contributed by atoms with Crippen LogP contribution in [0, 0.1) is 53.1 Å². The van der Waals surface area contributed by atoms with Gasteiger partial charge in [-0.3, -0.25) is 0 Å². The molecular weight excluding hydrogens is 398 g/mol. The lowest BCUT2D eigenvalue weighted by Gasteiger charge is -2.46. The van der Waals surface area contributed by atoms with Crippen LogP contribution in [0.3, 0.4) is 0 Å². The first-order chi connectivity index (χ1) is 15.6. The average molecular weight is 441 g/mol. The highest BCUT2D eigenvalue weighted by atomic mass is 19.2. The van der Waals surface area contributed by atoms with Crippen LogP contribution in [0.15, 0.2) is 24.8 Å². The van der Waals surface area contributed by atoms with Gasteiger partial charge >= 0.3 is 0 Å². The van der Waals surface area contributed by atoms with Gasteiger partial charge in [0.15, 0.2) is 11.6 Å². The van der Waals surface area contributed by atoms with Gasteiger partial charge in [-0.25, -0.2) is 8.78 Å². The van der Waals surface area contributed by atoms with Crippen LogP contribution in [0.25, 0.3) is 0 Å². The maximum absolute atomic E-state index is 14.1. The molecule has 0 aliphatic heterocycles. The molecule has 176 valence electrons. The minimum absolute atomic E-state index is 0.588. The molecule has 5 rings (SSSR count). The van der Waals surface area contributed by atoms with Crippen molar-refractivity contribution in [2.24, 2.45) is 41.4 Å². The van der Waals surface area contributed by atoms with Crippen molar-refractivity contribution in [2.75, 3.05) is 0 Å². The Kier molecular flexibility index (Phi) is 7.05. The molecule has 3 fully saturated rings. The first-order valence-corrected chi connectivity index (χ1v) is 13.7. The zero-order chi connectivity index (χ0) is 22.1. The van der Waals surface area contributed by atoms with E-state index in [9.17, 15) is 8.78 Å². The Hall–Kier alpha value is -1.18. The number of hydrogen-bond donors (Lipinski definition) is 0. The fourth-order valence-electron chi connectivity index (χ4n) is 8.37. The zero-order valence-electron chi connectivity index (χ0n) is 19.8. The van der Waals surface area contributed by atoms with E-state index in [-0.39, 0.29) is 0 Å². The van der Waals surface area contributed by atoms with Gasteiger partial charge < -0.3 is 0 Å². The molecule has 1 aromatic rings. The Bertz CT molecular complexity index is 790. The van der Waals surface area contributed by atoms with Crippen LogP contribution in [0.4, 0.5) is 8.78 Å². The largest absolute Gasteiger partial charge is 0.204 e. The van der Waals surface area contributed by atoms with Gasteiger partial charge in [0.05, 0.1) is 0 Å². The second kappa shape index (κ2) is 9.98. The lowest BCUT2D eigenvalue weighted by molar-refractivity contribution is 0.0533. The molecule has 0 bridgehead atoms. The summed E-state index contributed by atoms with van der Waals surface area (Å²) in [4.78, 5) is 0. The molecule has 5 atom stereocenters. The molecule has 4 aliphatic rings. The van der Waals surface area contributed by atoms with Crippen molar-refractivity contribution in [1.29, 1.82) is 0 Å². The monoisotopic (exact) mass is 440 g/mol. The molecule has 0 saturated heterocycles. The van der Waals surface area contributed by atoms with Gasteiger partial charge in [0, 0.05) is 0 Å².